The highest BCUT2D eigenvalue weighted by atomic mass is 32.1. The van der Waals surface area contributed by atoms with Crippen LogP contribution in [0.25, 0.3) is 0 Å². The minimum absolute atomic E-state index is 0.0465. The molecule has 0 aromatic carbocycles. The number of ether oxygens (including phenoxy) is 1. The molecule has 0 N–H and O–H groups in total. The third-order valence-corrected chi connectivity index (χ3v) is 3.18. The summed E-state index contributed by atoms with van der Waals surface area (Å²) in [5, 5.41) is 2.05. The molecular weight excluding hydrogens is 222 g/mol. The maximum Gasteiger partial charge on any atom is 0.248 e. The Balaban J connectivity index is 2.23. The first kappa shape index (κ1) is 13.2. The largest absolute Gasteiger partial charge is 0.369 e. The van der Waals surface area contributed by atoms with Crippen molar-refractivity contribution < 1.29 is 9.53 Å². The van der Waals surface area contributed by atoms with Crippen LogP contribution in [0.4, 0.5) is 0 Å². The van der Waals surface area contributed by atoms with Crippen LogP contribution in [0, 0.1) is 0 Å². The first-order valence-electron chi connectivity index (χ1n) is 5.47. The quantitative estimate of drug-likeness (QED) is 0.764. The Morgan fingerprint density at radius 1 is 1.56 bits per heavy atom. The van der Waals surface area contributed by atoms with Gasteiger partial charge in [0.25, 0.3) is 0 Å². The van der Waals surface area contributed by atoms with Crippen molar-refractivity contribution in [1.29, 1.82) is 0 Å². The molecule has 0 spiro atoms. The van der Waals surface area contributed by atoms with Crippen LogP contribution < -0.4 is 0 Å². The third-order valence-electron chi connectivity index (χ3n) is 2.24. The number of nitrogens with zero attached hydrogens (tertiary/aromatic N) is 1. The van der Waals surface area contributed by atoms with E-state index in [0.29, 0.717) is 0 Å². The minimum Gasteiger partial charge on any atom is -0.369 e. The molecule has 90 valence electrons. The molecule has 0 aliphatic heterocycles. The molecule has 1 rings (SSSR count). The Hall–Kier alpha value is -0.870. The molecule has 16 heavy (non-hydrogen) atoms. The van der Waals surface area contributed by atoms with E-state index in [1.807, 2.05) is 27.0 Å². The Kier molecular flexibility index (Phi) is 5.49. The van der Waals surface area contributed by atoms with Gasteiger partial charge in [-0.25, -0.2) is 0 Å². The average molecular weight is 241 g/mol. The van der Waals surface area contributed by atoms with Gasteiger partial charge in [-0.15, -0.1) is 11.3 Å². The predicted octanol–water partition coefficient (Wildman–Crippen LogP) is 2.17. The van der Waals surface area contributed by atoms with Gasteiger partial charge in [-0.3, -0.25) is 4.79 Å². The summed E-state index contributed by atoms with van der Waals surface area (Å²) in [7, 11) is 1.82. The first-order valence-corrected chi connectivity index (χ1v) is 6.35. The fraction of sp³-hybridized carbons (Fsp3) is 0.583. The SMILES string of the molecule is CC(C)OCC(=O)N(C)CCc1cccs1. The smallest absolute Gasteiger partial charge is 0.248 e. The Morgan fingerprint density at radius 3 is 2.88 bits per heavy atom. The fourth-order valence-corrected chi connectivity index (χ4v) is 1.90. The Labute approximate surface area is 101 Å². The second-order valence-corrected chi connectivity index (χ2v) is 5.04. The van der Waals surface area contributed by atoms with Crippen molar-refractivity contribution >= 4 is 17.2 Å². The standard InChI is InChI=1S/C12H19NO2S/c1-10(2)15-9-12(14)13(3)7-6-11-5-4-8-16-11/h4-5,8,10H,6-7,9H2,1-3H3. The van der Waals surface area contributed by atoms with Crippen LogP contribution in [0.1, 0.15) is 18.7 Å². The molecule has 0 aliphatic rings. The number of hydrogen-bond donors (Lipinski definition) is 0. The molecule has 0 bridgehead atoms. The van der Waals surface area contributed by atoms with Crippen LogP contribution in [0.15, 0.2) is 17.5 Å². The monoisotopic (exact) mass is 241 g/mol. The van der Waals surface area contributed by atoms with Gasteiger partial charge in [0.05, 0.1) is 6.10 Å². The molecular formula is C12H19NO2S. The molecule has 4 heteroatoms. The molecule has 1 heterocycles. The van der Waals surface area contributed by atoms with Crippen LogP contribution in [0.2, 0.25) is 0 Å². The Morgan fingerprint density at radius 2 is 2.31 bits per heavy atom. The number of carbonyl (C=O) groups is 1. The zero-order valence-electron chi connectivity index (χ0n) is 10.1. The zero-order valence-corrected chi connectivity index (χ0v) is 10.9. The molecule has 1 aromatic heterocycles. The zero-order chi connectivity index (χ0) is 12.0. The van der Waals surface area contributed by atoms with E-state index in [2.05, 4.69) is 11.4 Å². The highest BCUT2D eigenvalue weighted by molar-refractivity contribution is 7.09. The maximum atomic E-state index is 11.6. The van der Waals surface area contributed by atoms with Crippen molar-refractivity contribution in [1.82, 2.24) is 4.90 Å². The van der Waals surface area contributed by atoms with E-state index in [1.54, 1.807) is 16.2 Å². The molecule has 0 saturated heterocycles. The van der Waals surface area contributed by atoms with E-state index in [1.165, 1.54) is 4.88 Å². The fourth-order valence-electron chi connectivity index (χ4n) is 1.21. The van der Waals surface area contributed by atoms with Gasteiger partial charge in [0, 0.05) is 18.5 Å². The summed E-state index contributed by atoms with van der Waals surface area (Å²) < 4.78 is 5.27. The van der Waals surface area contributed by atoms with E-state index in [0.717, 1.165) is 13.0 Å². The van der Waals surface area contributed by atoms with Crippen LogP contribution in [-0.4, -0.2) is 37.1 Å². The van der Waals surface area contributed by atoms with E-state index < -0.39 is 0 Å². The van der Waals surface area contributed by atoms with Crippen molar-refractivity contribution in [2.45, 2.75) is 26.4 Å². The second kappa shape index (κ2) is 6.66. The van der Waals surface area contributed by atoms with Gasteiger partial charge in [0.1, 0.15) is 6.61 Å². The van der Waals surface area contributed by atoms with Crippen LogP contribution in [-0.2, 0) is 16.0 Å². The maximum absolute atomic E-state index is 11.6. The number of carbonyl (C=O) groups excluding carboxylic acids is 1. The van der Waals surface area contributed by atoms with E-state index in [4.69, 9.17) is 4.74 Å². The molecule has 0 saturated carbocycles. The van der Waals surface area contributed by atoms with E-state index >= 15 is 0 Å². The first-order chi connectivity index (χ1) is 7.59. The summed E-state index contributed by atoms with van der Waals surface area (Å²) in [5.41, 5.74) is 0. The van der Waals surface area contributed by atoms with E-state index in [-0.39, 0.29) is 18.6 Å². The van der Waals surface area contributed by atoms with Crippen LogP contribution in [0.3, 0.4) is 0 Å². The van der Waals surface area contributed by atoms with Gasteiger partial charge in [-0.2, -0.15) is 0 Å². The van der Waals surface area contributed by atoms with Crippen molar-refractivity contribution in [3.8, 4) is 0 Å². The highest BCUT2D eigenvalue weighted by Crippen LogP contribution is 2.09. The molecule has 0 aliphatic carbocycles. The number of hydrogen-bond acceptors (Lipinski definition) is 3. The van der Waals surface area contributed by atoms with Crippen molar-refractivity contribution in [2.24, 2.45) is 0 Å². The lowest BCUT2D eigenvalue weighted by molar-refractivity contribution is -0.136. The van der Waals surface area contributed by atoms with Crippen LogP contribution in [0.5, 0.6) is 0 Å². The van der Waals surface area contributed by atoms with Gasteiger partial charge in [-0.05, 0) is 31.7 Å². The number of amides is 1. The van der Waals surface area contributed by atoms with Gasteiger partial charge in [0.2, 0.25) is 5.91 Å². The average Bonchev–Trinajstić information content (AvgIpc) is 2.75. The van der Waals surface area contributed by atoms with Crippen molar-refractivity contribution in [3.63, 3.8) is 0 Å². The molecule has 0 unspecified atom stereocenters. The number of rotatable bonds is 6. The van der Waals surface area contributed by atoms with Gasteiger partial charge < -0.3 is 9.64 Å². The molecule has 0 radical (unpaired) electrons. The summed E-state index contributed by atoms with van der Waals surface area (Å²) in [6.45, 7) is 4.79. The third kappa shape index (κ3) is 4.77. The minimum atomic E-state index is 0.0465. The summed E-state index contributed by atoms with van der Waals surface area (Å²) in [4.78, 5) is 14.6. The lowest BCUT2D eigenvalue weighted by Crippen LogP contribution is -2.32. The number of thiophene rings is 1. The van der Waals surface area contributed by atoms with Crippen LogP contribution >= 0.6 is 11.3 Å². The summed E-state index contributed by atoms with van der Waals surface area (Å²) in [6.07, 6.45) is 1.02. The predicted molar refractivity (Wildman–Crippen MR) is 66.7 cm³/mol. The lowest BCUT2D eigenvalue weighted by atomic mass is 10.3. The summed E-state index contributed by atoms with van der Waals surface area (Å²) >= 11 is 1.73. The summed E-state index contributed by atoms with van der Waals surface area (Å²) in [5.74, 6) is 0.0465. The van der Waals surface area contributed by atoms with Gasteiger partial charge >= 0.3 is 0 Å². The Bertz CT molecular complexity index is 309. The molecule has 0 fully saturated rings. The molecule has 1 aromatic rings. The molecule has 3 nitrogen and oxygen atoms in total. The van der Waals surface area contributed by atoms with Gasteiger partial charge in [0.15, 0.2) is 0 Å². The second-order valence-electron chi connectivity index (χ2n) is 4.00. The highest BCUT2D eigenvalue weighted by Gasteiger charge is 2.09. The van der Waals surface area contributed by atoms with Crippen molar-refractivity contribution in [2.75, 3.05) is 20.2 Å². The molecule has 1 amide bonds. The summed E-state index contributed by atoms with van der Waals surface area (Å²) in [6, 6.07) is 4.12. The van der Waals surface area contributed by atoms with E-state index in [9.17, 15) is 4.79 Å². The lowest BCUT2D eigenvalue weighted by Gasteiger charge is -2.17. The van der Waals surface area contributed by atoms with Gasteiger partial charge in [-0.1, -0.05) is 6.07 Å². The normalized spacial score (nSPS) is 10.8. The number of likely N-dealkylation sites (N-methyl/N-ethyl adjacent to an activating group) is 1. The topological polar surface area (TPSA) is 29.5 Å². The molecule has 0 atom stereocenters. The van der Waals surface area contributed by atoms with Crippen molar-refractivity contribution in [3.05, 3.63) is 22.4 Å².